The van der Waals surface area contributed by atoms with Gasteiger partial charge in [-0.15, -0.1) is 0 Å². The van der Waals surface area contributed by atoms with Crippen LogP contribution in [0, 0.1) is 12.8 Å². The van der Waals surface area contributed by atoms with Crippen molar-refractivity contribution in [2.75, 3.05) is 23.3 Å². The fourth-order valence-corrected chi connectivity index (χ4v) is 3.19. The normalized spacial score (nSPS) is 28.0. The van der Waals surface area contributed by atoms with Gasteiger partial charge in [0.1, 0.15) is 0 Å². The van der Waals surface area contributed by atoms with Crippen molar-refractivity contribution in [3.05, 3.63) is 23.8 Å². The molecule has 0 spiro atoms. The molecule has 16 heavy (non-hydrogen) atoms. The van der Waals surface area contributed by atoms with Crippen molar-refractivity contribution in [3.8, 4) is 0 Å². The van der Waals surface area contributed by atoms with E-state index in [4.69, 9.17) is 0 Å². The van der Waals surface area contributed by atoms with E-state index in [0.717, 1.165) is 12.5 Å². The fraction of sp³-hybridized carbons (Fsp3) is 0.571. The van der Waals surface area contributed by atoms with Gasteiger partial charge in [-0.2, -0.15) is 0 Å². The summed E-state index contributed by atoms with van der Waals surface area (Å²) in [4.78, 5) is 2.62. The maximum Gasteiger partial charge on any atom is 0.0608 e. The minimum atomic E-state index is 0.697. The highest BCUT2D eigenvalue weighted by atomic mass is 15.2. The molecule has 0 amide bonds. The van der Waals surface area contributed by atoms with Gasteiger partial charge in [-0.25, -0.2) is 0 Å². The molecule has 0 aliphatic carbocycles. The highest BCUT2D eigenvalue weighted by Crippen LogP contribution is 2.38. The third-order valence-electron chi connectivity index (χ3n) is 4.16. The number of aryl methyl sites for hydroxylation is 1. The summed E-state index contributed by atoms with van der Waals surface area (Å²) < 4.78 is 0. The average Bonchev–Trinajstić information content (AvgIpc) is 2.30. The lowest BCUT2D eigenvalue weighted by atomic mass is 9.88. The molecule has 2 aliphatic rings. The second kappa shape index (κ2) is 3.69. The number of piperidine rings is 1. The maximum absolute atomic E-state index is 3.62. The molecule has 0 bridgehead atoms. The van der Waals surface area contributed by atoms with Crippen LogP contribution in [-0.2, 0) is 0 Å². The summed E-state index contributed by atoms with van der Waals surface area (Å²) in [6.07, 6.45) is 2.72. The number of para-hydroxylation sites is 1. The molecule has 0 radical (unpaired) electrons. The Balaban J connectivity index is 2.02. The van der Waals surface area contributed by atoms with E-state index in [9.17, 15) is 0 Å². The molecular formula is C14H20N2. The third kappa shape index (κ3) is 1.40. The SMILES string of the molecule is Cc1cccc2c1NCC1C(C)CCCN21. The summed E-state index contributed by atoms with van der Waals surface area (Å²) in [7, 11) is 0. The smallest absolute Gasteiger partial charge is 0.0608 e. The highest BCUT2D eigenvalue weighted by Gasteiger charge is 2.33. The third-order valence-corrected chi connectivity index (χ3v) is 4.16. The van der Waals surface area contributed by atoms with Gasteiger partial charge in [-0.3, -0.25) is 0 Å². The summed E-state index contributed by atoms with van der Waals surface area (Å²) in [5.41, 5.74) is 4.14. The van der Waals surface area contributed by atoms with Crippen LogP contribution in [0.3, 0.4) is 0 Å². The van der Waals surface area contributed by atoms with Gasteiger partial charge in [0.25, 0.3) is 0 Å². The van der Waals surface area contributed by atoms with Gasteiger partial charge in [0, 0.05) is 19.1 Å². The molecule has 2 heterocycles. The van der Waals surface area contributed by atoms with Crippen LogP contribution in [0.1, 0.15) is 25.3 Å². The predicted molar refractivity (Wildman–Crippen MR) is 69.2 cm³/mol. The van der Waals surface area contributed by atoms with Crippen LogP contribution in [-0.4, -0.2) is 19.1 Å². The first-order chi connectivity index (χ1) is 7.77. The Labute approximate surface area is 97.6 Å². The number of hydrogen-bond donors (Lipinski definition) is 1. The summed E-state index contributed by atoms with van der Waals surface area (Å²) in [5.74, 6) is 0.815. The largest absolute Gasteiger partial charge is 0.381 e. The van der Waals surface area contributed by atoms with E-state index in [1.807, 2.05) is 0 Å². The number of fused-ring (bicyclic) bond motifs is 3. The van der Waals surface area contributed by atoms with Crippen LogP contribution in [0.15, 0.2) is 18.2 Å². The molecule has 2 aliphatic heterocycles. The molecule has 1 aromatic rings. The van der Waals surface area contributed by atoms with Crippen molar-refractivity contribution >= 4 is 11.4 Å². The second-order valence-corrected chi connectivity index (χ2v) is 5.23. The lowest BCUT2D eigenvalue weighted by Gasteiger charge is -2.46. The lowest BCUT2D eigenvalue weighted by Crippen LogP contribution is -2.51. The monoisotopic (exact) mass is 216 g/mol. The quantitative estimate of drug-likeness (QED) is 0.717. The molecule has 1 N–H and O–H groups in total. The molecule has 3 rings (SSSR count). The van der Waals surface area contributed by atoms with Gasteiger partial charge in [0.05, 0.1) is 11.4 Å². The number of nitrogens with one attached hydrogen (secondary N) is 1. The van der Waals surface area contributed by atoms with Gasteiger partial charge in [0.2, 0.25) is 0 Å². The first-order valence-corrected chi connectivity index (χ1v) is 6.37. The molecule has 0 aromatic heterocycles. The topological polar surface area (TPSA) is 15.3 Å². The minimum absolute atomic E-state index is 0.697. The molecule has 2 atom stereocenters. The number of benzene rings is 1. The van der Waals surface area contributed by atoms with Crippen molar-refractivity contribution < 1.29 is 0 Å². The highest BCUT2D eigenvalue weighted by molar-refractivity contribution is 5.76. The van der Waals surface area contributed by atoms with E-state index in [0.29, 0.717) is 6.04 Å². The minimum Gasteiger partial charge on any atom is -0.381 e. The first kappa shape index (κ1) is 10.0. The van der Waals surface area contributed by atoms with E-state index in [1.54, 1.807) is 0 Å². The molecular weight excluding hydrogens is 196 g/mol. The van der Waals surface area contributed by atoms with E-state index in [2.05, 4.69) is 42.3 Å². The van der Waals surface area contributed by atoms with Crippen molar-refractivity contribution in [2.24, 2.45) is 5.92 Å². The number of rotatable bonds is 0. The molecule has 1 aromatic carbocycles. The molecule has 1 fully saturated rings. The van der Waals surface area contributed by atoms with Gasteiger partial charge >= 0.3 is 0 Å². The van der Waals surface area contributed by atoms with Gasteiger partial charge < -0.3 is 10.2 Å². The summed E-state index contributed by atoms with van der Waals surface area (Å²) in [6.45, 7) is 6.92. The lowest BCUT2D eigenvalue weighted by molar-refractivity contribution is 0.350. The van der Waals surface area contributed by atoms with Gasteiger partial charge in [-0.1, -0.05) is 19.1 Å². The van der Waals surface area contributed by atoms with Crippen LogP contribution < -0.4 is 10.2 Å². The van der Waals surface area contributed by atoms with Crippen LogP contribution in [0.2, 0.25) is 0 Å². The van der Waals surface area contributed by atoms with Crippen LogP contribution in [0.5, 0.6) is 0 Å². The van der Waals surface area contributed by atoms with Crippen LogP contribution >= 0.6 is 0 Å². The average molecular weight is 216 g/mol. The Kier molecular flexibility index (Phi) is 2.31. The second-order valence-electron chi connectivity index (χ2n) is 5.23. The van der Waals surface area contributed by atoms with E-state index in [-0.39, 0.29) is 0 Å². The fourth-order valence-electron chi connectivity index (χ4n) is 3.19. The Morgan fingerprint density at radius 3 is 3.12 bits per heavy atom. The Hall–Kier alpha value is -1.18. The number of hydrogen-bond acceptors (Lipinski definition) is 2. The molecule has 2 unspecified atom stereocenters. The zero-order chi connectivity index (χ0) is 11.1. The van der Waals surface area contributed by atoms with Crippen molar-refractivity contribution in [1.29, 1.82) is 0 Å². The number of nitrogens with zero attached hydrogens (tertiary/aromatic N) is 1. The zero-order valence-corrected chi connectivity index (χ0v) is 10.2. The molecule has 2 heteroatoms. The Bertz CT molecular complexity index is 400. The van der Waals surface area contributed by atoms with E-state index < -0.39 is 0 Å². The van der Waals surface area contributed by atoms with Crippen molar-refractivity contribution in [2.45, 2.75) is 32.7 Å². The Morgan fingerprint density at radius 1 is 1.38 bits per heavy atom. The summed E-state index contributed by atoms with van der Waals surface area (Å²) in [6, 6.07) is 7.33. The molecule has 1 saturated heterocycles. The van der Waals surface area contributed by atoms with Crippen LogP contribution in [0.25, 0.3) is 0 Å². The van der Waals surface area contributed by atoms with E-state index in [1.165, 1.54) is 36.3 Å². The van der Waals surface area contributed by atoms with Gasteiger partial charge in [0.15, 0.2) is 0 Å². The predicted octanol–water partition coefficient (Wildman–Crippen LogP) is 3.03. The van der Waals surface area contributed by atoms with Crippen LogP contribution in [0.4, 0.5) is 11.4 Å². The van der Waals surface area contributed by atoms with Crippen molar-refractivity contribution in [1.82, 2.24) is 0 Å². The summed E-state index contributed by atoms with van der Waals surface area (Å²) >= 11 is 0. The Morgan fingerprint density at radius 2 is 2.25 bits per heavy atom. The maximum atomic E-state index is 3.62. The first-order valence-electron chi connectivity index (χ1n) is 6.37. The zero-order valence-electron chi connectivity index (χ0n) is 10.2. The summed E-state index contributed by atoms with van der Waals surface area (Å²) in [5, 5.41) is 3.62. The van der Waals surface area contributed by atoms with Crippen molar-refractivity contribution in [3.63, 3.8) is 0 Å². The molecule has 0 saturated carbocycles. The van der Waals surface area contributed by atoms with Gasteiger partial charge in [-0.05, 0) is 37.3 Å². The standard InChI is InChI=1S/C14H20N2/c1-10-6-4-8-16-12-7-3-5-11(2)14(12)15-9-13(10)16/h3,5,7,10,13,15H,4,6,8-9H2,1-2H3. The van der Waals surface area contributed by atoms with E-state index >= 15 is 0 Å². The molecule has 86 valence electrons. The number of anilines is 2. The molecule has 2 nitrogen and oxygen atoms in total.